The predicted molar refractivity (Wildman–Crippen MR) is 78.2 cm³/mol. The van der Waals surface area contributed by atoms with Gasteiger partial charge in [0.2, 0.25) is 0 Å². The lowest BCUT2D eigenvalue weighted by Crippen LogP contribution is -2.41. The lowest BCUT2D eigenvalue weighted by molar-refractivity contribution is 0.0690. The number of nitrogens with zero attached hydrogens (tertiary/aromatic N) is 2. The van der Waals surface area contributed by atoms with Gasteiger partial charge in [0.1, 0.15) is 5.69 Å². The highest BCUT2D eigenvalue weighted by Crippen LogP contribution is 2.45. The van der Waals surface area contributed by atoms with E-state index >= 15 is 0 Å². The molecule has 0 bridgehead atoms. The fourth-order valence-electron chi connectivity index (χ4n) is 3.77. The number of carboxylic acids is 1. The number of hydrogen-bond donors (Lipinski definition) is 1. The summed E-state index contributed by atoms with van der Waals surface area (Å²) in [6.07, 6.45) is 11.0. The fourth-order valence-corrected chi connectivity index (χ4v) is 3.77. The first-order valence-electron chi connectivity index (χ1n) is 7.63. The minimum atomic E-state index is -0.951. The van der Waals surface area contributed by atoms with Crippen LogP contribution in [-0.2, 0) is 0 Å². The molecule has 1 saturated carbocycles. The number of carboxylic acid groups (broad SMARTS) is 1. The molecule has 108 valence electrons. The van der Waals surface area contributed by atoms with Gasteiger partial charge in [-0.15, -0.1) is 0 Å². The maximum Gasteiger partial charge on any atom is 0.354 e. The van der Waals surface area contributed by atoms with Crippen LogP contribution in [0.1, 0.15) is 55.4 Å². The lowest BCUT2D eigenvalue weighted by atomic mass is 9.68. The first-order valence-corrected chi connectivity index (χ1v) is 7.63. The monoisotopic (exact) mass is 274 g/mol. The standard InChI is InChI=1S/C16H22N2O2/c19-15(20)14-12-13(4-9-17-14)18-10-7-16(8-11-18)5-2-1-3-6-16/h4,9,12H,1-3,5-8,10-11H2,(H,19,20). The molecule has 0 atom stereocenters. The van der Waals surface area contributed by atoms with Crippen molar-refractivity contribution in [3.05, 3.63) is 24.0 Å². The summed E-state index contributed by atoms with van der Waals surface area (Å²) in [5.41, 5.74) is 1.72. The van der Waals surface area contributed by atoms with Crippen molar-refractivity contribution < 1.29 is 9.90 Å². The van der Waals surface area contributed by atoms with Gasteiger partial charge in [0.05, 0.1) is 0 Å². The zero-order valence-electron chi connectivity index (χ0n) is 11.8. The molecule has 1 aliphatic carbocycles. The molecule has 1 aliphatic heterocycles. The summed E-state index contributed by atoms with van der Waals surface area (Å²) in [5.74, 6) is -0.951. The van der Waals surface area contributed by atoms with Gasteiger partial charge in [0.15, 0.2) is 0 Å². The van der Waals surface area contributed by atoms with Gasteiger partial charge in [-0.3, -0.25) is 0 Å². The Hall–Kier alpha value is -1.58. The summed E-state index contributed by atoms with van der Waals surface area (Å²) in [6, 6.07) is 3.62. The van der Waals surface area contributed by atoms with Crippen LogP contribution in [0.15, 0.2) is 18.3 Å². The van der Waals surface area contributed by atoms with E-state index < -0.39 is 5.97 Å². The second-order valence-electron chi connectivity index (χ2n) is 6.25. The van der Waals surface area contributed by atoms with E-state index in [2.05, 4.69) is 9.88 Å². The first-order chi connectivity index (χ1) is 9.69. The number of pyridine rings is 1. The van der Waals surface area contributed by atoms with Crippen LogP contribution in [0, 0.1) is 5.41 Å². The van der Waals surface area contributed by atoms with Gasteiger partial charge in [0.25, 0.3) is 0 Å². The molecule has 0 unspecified atom stereocenters. The Morgan fingerprint density at radius 1 is 1.15 bits per heavy atom. The zero-order valence-corrected chi connectivity index (χ0v) is 11.8. The minimum absolute atomic E-state index is 0.139. The molecule has 1 N–H and O–H groups in total. The van der Waals surface area contributed by atoms with E-state index in [9.17, 15) is 4.79 Å². The quantitative estimate of drug-likeness (QED) is 0.898. The fraction of sp³-hybridized carbons (Fsp3) is 0.625. The third-order valence-electron chi connectivity index (χ3n) is 5.07. The summed E-state index contributed by atoms with van der Waals surface area (Å²) < 4.78 is 0. The molecule has 4 heteroatoms. The van der Waals surface area contributed by atoms with Gasteiger partial charge in [-0.2, -0.15) is 0 Å². The van der Waals surface area contributed by atoms with E-state index in [4.69, 9.17) is 5.11 Å². The third-order valence-corrected chi connectivity index (χ3v) is 5.07. The maximum absolute atomic E-state index is 11.0. The normalized spacial score (nSPS) is 21.9. The van der Waals surface area contributed by atoms with E-state index in [-0.39, 0.29) is 5.69 Å². The van der Waals surface area contributed by atoms with Crippen LogP contribution >= 0.6 is 0 Å². The summed E-state index contributed by atoms with van der Waals surface area (Å²) >= 11 is 0. The number of aromatic carboxylic acids is 1. The maximum atomic E-state index is 11.0. The van der Waals surface area contributed by atoms with Crippen LogP contribution in [-0.4, -0.2) is 29.1 Å². The molecule has 2 aliphatic rings. The molecular formula is C16H22N2O2. The summed E-state index contributed by atoms with van der Waals surface area (Å²) in [4.78, 5) is 17.2. The Morgan fingerprint density at radius 2 is 1.85 bits per heavy atom. The Bertz CT molecular complexity index is 485. The van der Waals surface area contributed by atoms with Gasteiger partial charge in [0, 0.05) is 25.0 Å². The van der Waals surface area contributed by atoms with Crippen molar-refractivity contribution in [2.24, 2.45) is 5.41 Å². The van der Waals surface area contributed by atoms with Crippen molar-refractivity contribution in [3.63, 3.8) is 0 Å². The summed E-state index contributed by atoms with van der Waals surface area (Å²) in [6.45, 7) is 2.09. The van der Waals surface area contributed by atoms with Crippen LogP contribution in [0.2, 0.25) is 0 Å². The Balaban J connectivity index is 1.68. The molecule has 1 saturated heterocycles. The molecule has 1 spiro atoms. The molecule has 20 heavy (non-hydrogen) atoms. The van der Waals surface area contributed by atoms with Gasteiger partial charge in [-0.1, -0.05) is 19.3 Å². The highest BCUT2D eigenvalue weighted by molar-refractivity contribution is 5.86. The van der Waals surface area contributed by atoms with Gasteiger partial charge < -0.3 is 10.0 Å². The topological polar surface area (TPSA) is 53.4 Å². The molecular weight excluding hydrogens is 252 g/mol. The molecule has 1 aromatic rings. The molecule has 0 radical (unpaired) electrons. The Morgan fingerprint density at radius 3 is 2.50 bits per heavy atom. The van der Waals surface area contributed by atoms with Crippen LogP contribution < -0.4 is 4.90 Å². The summed E-state index contributed by atoms with van der Waals surface area (Å²) in [5, 5.41) is 9.03. The van der Waals surface area contributed by atoms with Crippen molar-refractivity contribution in [3.8, 4) is 0 Å². The molecule has 2 heterocycles. The zero-order chi connectivity index (χ0) is 14.0. The van der Waals surface area contributed by atoms with Crippen LogP contribution in [0.4, 0.5) is 5.69 Å². The second kappa shape index (κ2) is 5.43. The van der Waals surface area contributed by atoms with Gasteiger partial charge >= 0.3 is 5.97 Å². The van der Waals surface area contributed by atoms with E-state index in [1.54, 1.807) is 12.3 Å². The first kappa shape index (κ1) is 13.4. The molecule has 1 aromatic heterocycles. The number of anilines is 1. The number of aromatic nitrogens is 1. The van der Waals surface area contributed by atoms with Crippen LogP contribution in [0.5, 0.6) is 0 Å². The number of rotatable bonds is 2. The highest BCUT2D eigenvalue weighted by Gasteiger charge is 2.35. The average Bonchev–Trinajstić information content (AvgIpc) is 2.49. The van der Waals surface area contributed by atoms with E-state index in [0.29, 0.717) is 5.41 Å². The molecule has 2 fully saturated rings. The third kappa shape index (κ3) is 2.65. The van der Waals surface area contributed by atoms with E-state index in [1.165, 1.54) is 44.9 Å². The van der Waals surface area contributed by atoms with Crippen molar-refractivity contribution >= 4 is 11.7 Å². The SMILES string of the molecule is O=C(O)c1cc(N2CCC3(CCCCC3)CC2)ccn1. The second-order valence-corrected chi connectivity index (χ2v) is 6.25. The smallest absolute Gasteiger partial charge is 0.354 e. The Labute approximate surface area is 119 Å². The predicted octanol–water partition coefficient (Wildman–Crippen LogP) is 3.33. The Kier molecular flexibility index (Phi) is 3.64. The highest BCUT2D eigenvalue weighted by atomic mass is 16.4. The van der Waals surface area contributed by atoms with Gasteiger partial charge in [-0.05, 0) is 43.2 Å². The largest absolute Gasteiger partial charge is 0.477 e. The number of hydrogen-bond acceptors (Lipinski definition) is 3. The lowest BCUT2D eigenvalue weighted by Gasteiger charge is -2.45. The number of piperidine rings is 1. The van der Waals surface area contributed by atoms with E-state index in [1.807, 2.05) is 6.07 Å². The van der Waals surface area contributed by atoms with Crippen LogP contribution in [0.3, 0.4) is 0 Å². The minimum Gasteiger partial charge on any atom is -0.477 e. The van der Waals surface area contributed by atoms with Crippen molar-refractivity contribution in [2.75, 3.05) is 18.0 Å². The van der Waals surface area contributed by atoms with Crippen molar-refractivity contribution in [1.82, 2.24) is 4.98 Å². The summed E-state index contributed by atoms with van der Waals surface area (Å²) in [7, 11) is 0. The average molecular weight is 274 g/mol. The molecule has 0 amide bonds. The molecule has 3 rings (SSSR count). The molecule has 4 nitrogen and oxygen atoms in total. The van der Waals surface area contributed by atoms with Gasteiger partial charge in [-0.25, -0.2) is 9.78 Å². The number of carbonyl (C=O) groups is 1. The van der Waals surface area contributed by atoms with Crippen molar-refractivity contribution in [1.29, 1.82) is 0 Å². The van der Waals surface area contributed by atoms with E-state index in [0.717, 1.165) is 18.8 Å². The van der Waals surface area contributed by atoms with Crippen LogP contribution in [0.25, 0.3) is 0 Å². The molecule has 0 aromatic carbocycles. The van der Waals surface area contributed by atoms with Crippen molar-refractivity contribution in [2.45, 2.75) is 44.9 Å².